The number of carboxylic acid groups (broad SMARTS) is 1. The van der Waals surface area contributed by atoms with Crippen LogP contribution in [-0.4, -0.2) is 47.0 Å². The van der Waals surface area contributed by atoms with E-state index in [4.69, 9.17) is 5.11 Å². The molecule has 0 fully saturated rings. The predicted molar refractivity (Wildman–Crippen MR) is 78.4 cm³/mol. The molecule has 0 bridgehead atoms. The largest absolute Gasteiger partial charge is 0.480 e. The third-order valence-electron chi connectivity index (χ3n) is 2.46. The number of rotatable bonds is 6. The van der Waals surface area contributed by atoms with E-state index in [0.29, 0.717) is 13.1 Å². The SMILES string of the molecule is CCCN(CC(=O)O)C(=O)N(C)Cc1csc(Br)c1. The van der Waals surface area contributed by atoms with Crippen LogP contribution in [0.25, 0.3) is 0 Å². The monoisotopic (exact) mass is 348 g/mol. The second-order valence-corrected chi connectivity index (χ2v) is 6.50. The van der Waals surface area contributed by atoms with E-state index in [2.05, 4.69) is 15.9 Å². The van der Waals surface area contributed by atoms with Crippen LogP contribution in [0.4, 0.5) is 4.79 Å². The second-order valence-electron chi connectivity index (χ2n) is 4.21. The van der Waals surface area contributed by atoms with Gasteiger partial charge in [-0.3, -0.25) is 4.79 Å². The fourth-order valence-corrected chi connectivity index (χ4v) is 2.89. The summed E-state index contributed by atoms with van der Waals surface area (Å²) in [7, 11) is 1.68. The highest BCUT2D eigenvalue weighted by Crippen LogP contribution is 2.21. The summed E-state index contributed by atoms with van der Waals surface area (Å²) in [5, 5.41) is 10.8. The van der Waals surface area contributed by atoms with Crippen LogP contribution in [0.15, 0.2) is 15.2 Å². The molecule has 1 heterocycles. The van der Waals surface area contributed by atoms with Gasteiger partial charge in [0.25, 0.3) is 0 Å². The van der Waals surface area contributed by atoms with Gasteiger partial charge in [0, 0.05) is 20.1 Å². The van der Waals surface area contributed by atoms with Crippen molar-refractivity contribution in [1.29, 1.82) is 0 Å². The maximum absolute atomic E-state index is 12.2. The van der Waals surface area contributed by atoms with Crippen molar-refractivity contribution in [3.05, 3.63) is 20.8 Å². The maximum Gasteiger partial charge on any atom is 0.323 e. The second kappa shape index (κ2) is 7.49. The summed E-state index contributed by atoms with van der Waals surface area (Å²) >= 11 is 4.93. The first-order valence-electron chi connectivity index (χ1n) is 5.88. The molecule has 0 spiro atoms. The van der Waals surface area contributed by atoms with Crippen molar-refractivity contribution in [3.63, 3.8) is 0 Å². The van der Waals surface area contributed by atoms with E-state index in [1.807, 2.05) is 18.4 Å². The average molecular weight is 349 g/mol. The minimum Gasteiger partial charge on any atom is -0.480 e. The highest BCUT2D eigenvalue weighted by molar-refractivity contribution is 9.11. The van der Waals surface area contributed by atoms with Crippen LogP contribution in [0.3, 0.4) is 0 Å². The third kappa shape index (κ3) is 5.20. The van der Waals surface area contributed by atoms with E-state index < -0.39 is 5.97 Å². The van der Waals surface area contributed by atoms with E-state index in [9.17, 15) is 9.59 Å². The van der Waals surface area contributed by atoms with Crippen molar-refractivity contribution < 1.29 is 14.7 Å². The van der Waals surface area contributed by atoms with Gasteiger partial charge in [0.1, 0.15) is 6.54 Å². The van der Waals surface area contributed by atoms with Crippen molar-refractivity contribution in [2.45, 2.75) is 19.9 Å². The molecule has 0 atom stereocenters. The molecule has 1 N–H and O–H groups in total. The first-order chi connectivity index (χ1) is 8.93. The summed E-state index contributed by atoms with van der Waals surface area (Å²) < 4.78 is 1.01. The molecule has 0 radical (unpaired) electrons. The molecule has 7 heteroatoms. The lowest BCUT2D eigenvalue weighted by atomic mass is 10.3. The van der Waals surface area contributed by atoms with Gasteiger partial charge in [-0.05, 0) is 39.4 Å². The normalized spacial score (nSPS) is 10.3. The Bertz CT molecular complexity index is 450. The lowest BCUT2D eigenvalue weighted by Crippen LogP contribution is -2.43. The molecule has 1 aromatic heterocycles. The predicted octanol–water partition coefficient (Wildman–Crippen LogP) is 2.86. The van der Waals surface area contributed by atoms with Crippen molar-refractivity contribution in [2.75, 3.05) is 20.1 Å². The van der Waals surface area contributed by atoms with Gasteiger partial charge in [0.05, 0.1) is 3.79 Å². The van der Waals surface area contributed by atoms with Gasteiger partial charge in [-0.25, -0.2) is 4.79 Å². The number of carbonyl (C=O) groups is 2. The van der Waals surface area contributed by atoms with Crippen LogP contribution in [0.1, 0.15) is 18.9 Å². The third-order valence-corrected chi connectivity index (χ3v) is 4.01. The standard InChI is InChI=1S/C12H17BrN2O3S/c1-3-4-15(7-11(16)17)12(18)14(2)6-9-5-10(13)19-8-9/h5,8H,3-4,6-7H2,1-2H3,(H,16,17). The van der Waals surface area contributed by atoms with E-state index in [1.54, 1.807) is 18.4 Å². The molecule has 1 aromatic rings. The fraction of sp³-hybridized carbons (Fsp3) is 0.500. The summed E-state index contributed by atoms with van der Waals surface area (Å²) in [6.07, 6.45) is 0.733. The quantitative estimate of drug-likeness (QED) is 0.859. The highest BCUT2D eigenvalue weighted by atomic mass is 79.9. The molecule has 0 aliphatic rings. The zero-order chi connectivity index (χ0) is 14.4. The topological polar surface area (TPSA) is 60.9 Å². The number of hydrogen-bond acceptors (Lipinski definition) is 3. The van der Waals surface area contributed by atoms with Crippen LogP contribution in [0.2, 0.25) is 0 Å². The van der Waals surface area contributed by atoms with Gasteiger partial charge in [-0.1, -0.05) is 6.92 Å². The molecular formula is C12H17BrN2O3S. The average Bonchev–Trinajstić information content (AvgIpc) is 2.72. The summed E-state index contributed by atoms with van der Waals surface area (Å²) in [5.74, 6) is -0.992. The number of aliphatic carboxylic acids is 1. The molecule has 1 rings (SSSR count). The highest BCUT2D eigenvalue weighted by Gasteiger charge is 2.19. The van der Waals surface area contributed by atoms with E-state index >= 15 is 0 Å². The Labute approximate surface area is 124 Å². The summed E-state index contributed by atoms with van der Waals surface area (Å²) in [4.78, 5) is 25.8. The van der Waals surface area contributed by atoms with Crippen molar-refractivity contribution in [2.24, 2.45) is 0 Å². The Morgan fingerprint density at radius 1 is 1.47 bits per heavy atom. The fourth-order valence-electron chi connectivity index (χ4n) is 1.69. The molecule has 106 valence electrons. The summed E-state index contributed by atoms with van der Waals surface area (Å²) in [6.45, 7) is 2.58. The van der Waals surface area contributed by atoms with Gasteiger partial charge >= 0.3 is 12.0 Å². The Balaban J connectivity index is 2.64. The van der Waals surface area contributed by atoms with E-state index in [1.165, 1.54) is 9.80 Å². The molecule has 5 nitrogen and oxygen atoms in total. The minimum absolute atomic E-state index is 0.258. The molecule has 0 aliphatic carbocycles. The Hall–Kier alpha value is -1.08. The van der Waals surface area contributed by atoms with Crippen molar-refractivity contribution in [1.82, 2.24) is 9.80 Å². The first-order valence-corrected chi connectivity index (χ1v) is 7.56. The smallest absolute Gasteiger partial charge is 0.323 e. The molecule has 0 aliphatic heterocycles. The number of amides is 2. The minimum atomic E-state index is -0.992. The Kier molecular flexibility index (Phi) is 6.30. The van der Waals surface area contributed by atoms with Gasteiger partial charge in [0.15, 0.2) is 0 Å². The van der Waals surface area contributed by atoms with E-state index in [-0.39, 0.29) is 12.6 Å². The maximum atomic E-state index is 12.2. The molecule has 0 aromatic carbocycles. The van der Waals surface area contributed by atoms with Crippen molar-refractivity contribution in [3.8, 4) is 0 Å². The van der Waals surface area contributed by atoms with Gasteiger partial charge in [-0.15, -0.1) is 11.3 Å². The number of carboxylic acids is 1. The molecule has 2 amide bonds. The Morgan fingerprint density at radius 3 is 2.63 bits per heavy atom. The van der Waals surface area contributed by atoms with Gasteiger partial charge in [-0.2, -0.15) is 0 Å². The lowest BCUT2D eigenvalue weighted by molar-refractivity contribution is -0.137. The van der Waals surface area contributed by atoms with Crippen LogP contribution >= 0.6 is 27.3 Å². The Morgan fingerprint density at radius 2 is 2.16 bits per heavy atom. The number of hydrogen-bond donors (Lipinski definition) is 1. The zero-order valence-electron chi connectivity index (χ0n) is 10.9. The molecular weight excluding hydrogens is 332 g/mol. The number of halogens is 1. The number of urea groups is 1. The van der Waals surface area contributed by atoms with Crippen LogP contribution in [-0.2, 0) is 11.3 Å². The number of thiophene rings is 1. The summed E-state index contributed by atoms with van der Waals surface area (Å²) in [5.41, 5.74) is 1.03. The first kappa shape index (κ1) is 16.0. The number of nitrogens with zero attached hydrogens (tertiary/aromatic N) is 2. The molecule has 0 saturated carbocycles. The zero-order valence-corrected chi connectivity index (χ0v) is 13.3. The van der Waals surface area contributed by atoms with Gasteiger partial charge < -0.3 is 14.9 Å². The van der Waals surface area contributed by atoms with Crippen LogP contribution in [0.5, 0.6) is 0 Å². The van der Waals surface area contributed by atoms with Crippen molar-refractivity contribution >= 4 is 39.3 Å². The lowest BCUT2D eigenvalue weighted by Gasteiger charge is -2.26. The van der Waals surface area contributed by atoms with Crippen LogP contribution in [0, 0.1) is 0 Å². The van der Waals surface area contributed by atoms with Gasteiger partial charge in [0.2, 0.25) is 0 Å². The van der Waals surface area contributed by atoms with Crippen LogP contribution < -0.4 is 0 Å². The number of carbonyl (C=O) groups excluding carboxylic acids is 1. The molecule has 19 heavy (non-hydrogen) atoms. The molecule has 0 saturated heterocycles. The molecule has 0 unspecified atom stereocenters. The summed E-state index contributed by atoms with van der Waals surface area (Å²) in [6, 6.07) is 1.70. The van der Waals surface area contributed by atoms with E-state index in [0.717, 1.165) is 15.8 Å².